The number of ether oxygens (including phenoxy) is 1. The van der Waals surface area contributed by atoms with E-state index in [-0.39, 0.29) is 4.90 Å². The molecule has 0 saturated carbocycles. The van der Waals surface area contributed by atoms with Gasteiger partial charge < -0.3 is 10.1 Å². The molecule has 0 aliphatic rings. The second-order valence-corrected chi connectivity index (χ2v) is 6.81. The fraction of sp³-hybridized carbons (Fsp3) is 0.0625. The van der Waals surface area contributed by atoms with Crippen molar-refractivity contribution in [3.63, 3.8) is 0 Å². The van der Waals surface area contributed by atoms with Gasteiger partial charge in [0.05, 0.1) is 12.0 Å². The first-order chi connectivity index (χ1) is 11.0. The molecule has 0 fully saturated rings. The molecule has 0 aromatic heterocycles. The van der Waals surface area contributed by atoms with Crippen molar-refractivity contribution in [1.29, 1.82) is 5.26 Å². The Kier molecular flexibility index (Phi) is 5.27. The van der Waals surface area contributed by atoms with Gasteiger partial charge in [-0.3, -0.25) is 0 Å². The van der Waals surface area contributed by atoms with Gasteiger partial charge in [0.15, 0.2) is 4.91 Å². The van der Waals surface area contributed by atoms with Crippen LogP contribution in [-0.4, -0.2) is 15.5 Å². The number of methoxy groups -OCH3 is 1. The van der Waals surface area contributed by atoms with E-state index >= 15 is 0 Å². The quantitative estimate of drug-likeness (QED) is 0.835. The summed E-state index contributed by atoms with van der Waals surface area (Å²) in [6.07, 6.45) is 1.14. The normalized spacial score (nSPS) is 11.6. The lowest BCUT2D eigenvalue weighted by Crippen LogP contribution is -2.05. The number of nitrogens with zero attached hydrogens (tertiary/aromatic N) is 1. The number of hydrogen-bond acceptors (Lipinski definition) is 5. The molecule has 0 saturated heterocycles. The molecule has 118 valence electrons. The first kappa shape index (κ1) is 16.9. The second kappa shape index (κ2) is 7.18. The van der Waals surface area contributed by atoms with Gasteiger partial charge in [0.1, 0.15) is 11.8 Å². The maximum absolute atomic E-state index is 12.5. The molecule has 2 aromatic rings. The van der Waals surface area contributed by atoms with E-state index in [0.29, 0.717) is 16.5 Å². The Morgan fingerprint density at radius 2 is 1.96 bits per heavy atom. The smallest absolute Gasteiger partial charge is 0.218 e. The summed E-state index contributed by atoms with van der Waals surface area (Å²) in [5.74, 6) is 0.531. The lowest BCUT2D eigenvalue weighted by molar-refractivity contribution is 0.414. The maximum Gasteiger partial charge on any atom is 0.218 e. The third-order valence-electron chi connectivity index (χ3n) is 2.96. The summed E-state index contributed by atoms with van der Waals surface area (Å²) < 4.78 is 29.9. The van der Waals surface area contributed by atoms with E-state index in [2.05, 4.69) is 5.32 Å². The van der Waals surface area contributed by atoms with Crippen molar-refractivity contribution in [2.45, 2.75) is 4.90 Å². The molecule has 23 heavy (non-hydrogen) atoms. The van der Waals surface area contributed by atoms with Crippen molar-refractivity contribution in [2.24, 2.45) is 0 Å². The average Bonchev–Trinajstić information content (AvgIpc) is 2.55. The third kappa shape index (κ3) is 4.03. The largest absolute Gasteiger partial charge is 0.497 e. The zero-order valence-electron chi connectivity index (χ0n) is 12.2. The van der Waals surface area contributed by atoms with Crippen LogP contribution in [0.1, 0.15) is 0 Å². The van der Waals surface area contributed by atoms with Crippen molar-refractivity contribution in [2.75, 3.05) is 12.4 Å². The van der Waals surface area contributed by atoms with Gasteiger partial charge >= 0.3 is 0 Å². The lowest BCUT2D eigenvalue weighted by atomic mass is 10.3. The molecular weight excluding hydrogens is 336 g/mol. The molecule has 2 rings (SSSR count). The summed E-state index contributed by atoms with van der Waals surface area (Å²) in [6.45, 7) is 0. The molecular formula is C16H13ClN2O3S. The van der Waals surface area contributed by atoms with Crippen LogP contribution in [0.2, 0.25) is 5.02 Å². The van der Waals surface area contributed by atoms with Crippen LogP contribution >= 0.6 is 11.6 Å². The fourth-order valence-corrected chi connectivity index (χ4v) is 3.05. The van der Waals surface area contributed by atoms with E-state index in [1.54, 1.807) is 30.3 Å². The van der Waals surface area contributed by atoms with Crippen molar-refractivity contribution in [3.05, 3.63) is 64.7 Å². The summed E-state index contributed by atoms with van der Waals surface area (Å²) in [5, 5.41) is 12.4. The minimum Gasteiger partial charge on any atom is -0.497 e. The standard InChI is InChI=1S/C16H13ClN2O3S/c1-22-14-5-7-15(8-6-14)23(20,21)16(10-18)11-19-13-4-2-3-12(17)9-13/h2-9,11,19H,1H3/b16-11-. The van der Waals surface area contributed by atoms with Gasteiger partial charge in [-0.25, -0.2) is 8.42 Å². The molecule has 0 spiro atoms. The van der Waals surface area contributed by atoms with Crippen molar-refractivity contribution >= 4 is 27.1 Å². The molecule has 0 bridgehead atoms. The number of nitriles is 1. The van der Waals surface area contributed by atoms with Gasteiger partial charge in [0.25, 0.3) is 0 Å². The Morgan fingerprint density at radius 3 is 2.52 bits per heavy atom. The molecule has 0 aliphatic carbocycles. The number of sulfone groups is 1. The molecule has 1 N–H and O–H groups in total. The van der Waals surface area contributed by atoms with Gasteiger partial charge in [-0.05, 0) is 42.5 Å². The highest BCUT2D eigenvalue weighted by molar-refractivity contribution is 7.95. The van der Waals surface area contributed by atoms with Crippen molar-refractivity contribution < 1.29 is 13.2 Å². The number of nitrogens with one attached hydrogen (secondary N) is 1. The summed E-state index contributed by atoms with van der Waals surface area (Å²) in [6, 6.07) is 14.2. The number of anilines is 1. The fourth-order valence-electron chi connectivity index (χ4n) is 1.78. The Hall–Kier alpha value is -2.49. The highest BCUT2D eigenvalue weighted by Gasteiger charge is 2.20. The monoisotopic (exact) mass is 348 g/mol. The molecule has 0 heterocycles. The molecule has 0 unspecified atom stereocenters. The van der Waals surface area contributed by atoms with E-state index in [1.165, 1.54) is 31.4 Å². The number of hydrogen-bond donors (Lipinski definition) is 1. The van der Waals surface area contributed by atoms with Crippen LogP contribution in [0.25, 0.3) is 0 Å². The second-order valence-electron chi connectivity index (χ2n) is 4.45. The maximum atomic E-state index is 12.5. The van der Waals surface area contributed by atoms with E-state index < -0.39 is 14.7 Å². The first-order valence-corrected chi connectivity index (χ1v) is 8.35. The van der Waals surface area contributed by atoms with Gasteiger partial charge in [0, 0.05) is 16.9 Å². The van der Waals surface area contributed by atoms with Gasteiger partial charge in [-0.15, -0.1) is 0 Å². The molecule has 7 heteroatoms. The molecule has 0 radical (unpaired) electrons. The molecule has 2 aromatic carbocycles. The van der Waals surface area contributed by atoms with E-state index in [1.807, 2.05) is 0 Å². The number of rotatable bonds is 5. The Balaban J connectivity index is 2.31. The topological polar surface area (TPSA) is 79.2 Å². The SMILES string of the molecule is COc1ccc(S(=O)(=O)/C(C#N)=C\Nc2cccc(Cl)c2)cc1. The van der Waals surface area contributed by atoms with Crippen LogP contribution in [0.5, 0.6) is 5.75 Å². The summed E-state index contributed by atoms with van der Waals surface area (Å²) >= 11 is 5.85. The minimum absolute atomic E-state index is 0.0130. The zero-order chi connectivity index (χ0) is 16.9. The van der Waals surface area contributed by atoms with Crippen molar-refractivity contribution in [3.8, 4) is 11.8 Å². The highest BCUT2D eigenvalue weighted by atomic mass is 35.5. The molecule has 5 nitrogen and oxygen atoms in total. The van der Waals surface area contributed by atoms with Crippen molar-refractivity contribution in [1.82, 2.24) is 0 Å². The van der Waals surface area contributed by atoms with Gasteiger partial charge in [-0.2, -0.15) is 5.26 Å². The minimum atomic E-state index is -3.91. The van der Waals surface area contributed by atoms with E-state index in [0.717, 1.165) is 6.20 Å². The number of halogens is 1. The van der Waals surface area contributed by atoms with E-state index in [9.17, 15) is 8.42 Å². The number of allylic oxidation sites excluding steroid dienone is 1. The predicted octanol–water partition coefficient (Wildman–Crippen LogP) is 3.60. The van der Waals surface area contributed by atoms with Crippen LogP contribution in [-0.2, 0) is 9.84 Å². The Labute approximate surface area is 139 Å². The average molecular weight is 349 g/mol. The molecule has 0 aliphatic heterocycles. The van der Waals surface area contributed by atoms with Crippen LogP contribution in [0.15, 0.2) is 64.5 Å². The summed E-state index contributed by atoms with van der Waals surface area (Å²) in [4.78, 5) is -0.387. The lowest BCUT2D eigenvalue weighted by Gasteiger charge is -2.06. The molecule has 0 atom stereocenters. The van der Waals surface area contributed by atoms with Crippen LogP contribution < -0.4 is 10.1 Å². The van der Waals surface area contributed by atoms with Crippen LogP contribution in [0.3, 0.4) is 0 Å². The summed E-state index contributed by atoms with van der Waals surface area (Å²) in [5.41, 5.74) is 0.579. The van der Waals surface area contributed by atoms with Crippen LogP contribution in [0.4, 0.5) is 5.69 Å². The van der Waals surface area contributed by atoms with Gasteiger partial charge in [-0.1, -0.05) is 17.7 Å². The van der Waals surface area contributed by atoms with Crippen LogP contribution in [0, 0.1) is 11.3 Å². The Morgan fingerprint density at radius 1 is 1.26 bits per heavy atom. The predicted molar refractivity (Wildman–Crippen MR) is 89.0 cm³/mol. The number of benzene rings is 2. The summed E-state index contributed by atoms with van der Waals surface area (Å²) in [7, 11) is -2.42. The van der Waals surface area contributed by atoms with Gasteiger partial charge in [0.2, 0.25) is 9.84 Å². The third-order valence-corrected chi connectivity index (χ3v) is 4.88. The first-order valence-electron chi connectivity index (χ1n) is 6.49. The highest BCUT2D eigenvalue weighted by Crippen LogP contribution is 2.22. The Bertz CT molecular complexity index is 869. The zero-order valence-corrected chi connectivity index (χ0v) is 13.7. The van der Waals surface area contributed by atoms with E-state index in [4.69, 9.17) is 21.6 Å². The molecule has 0 amide bonds.